The van der Waals surface area contributed by atoms with Crippen molar-refractivity contribution in [3.8, 4) is 0 Å². The molecule has 0 aromatic carbocycles. The van der Waals surface area contributed by atoms with Gasteiger partial charge in [0.1, 0.15) is 0 Å². The summed E-state index contributed by atoms with van der Waals surface area (Å²) in [4.78, 5) is 2.23. The van der Waals surface area contributed by atoms with Crippen LogP contribution >= 0.6 is 0 Å². The van der Waals surface area contributed by atoms with Crippen LogP contribution in [-0.4, -0.2) is 44.5 Å². The molecule has 0 N–H and O–H groups in total. The number of hydrogen-bond donors (Lipinski definition) is 0. The Labute approximate surface area is 81.0 Å². The summed E-state index contributed by atoms with van der Waals surface area (Å²) >= 11 is 0. The minimum atomic E-state index is -2.87. The maximum absolute atomic E-state index is 11.2. The highest BCUT2D eigenvalue weighted by Gasteiger charge is 2.13. The average molecular weight is 204 g/mol. The molecule has 1 radical (unpaired) electrons. The van der Waals surface area contributed by atoms with E-state index in [-0.39, 0.29) is 11.5 Å². The predicted octanol–water partition coefficient (Wildman–Crippen LogP) is 0.721. The number of rotatable bonds is 4. The van der Waals surface area contributed by atoms with E-state index in [1.807, 2.05) is 0 Å². The molecule has 1 aliphatic rings. The van der Waals surface area contributed by atoms with Gasteiger partial charge in [0, 0.05) is 6.54 Å². The van der Waals surface area contributed by atoms with Crippen molar-refractivity contribution in [2.75, 3.05) is 31.1 Å². The minimum absolute atomic E-state index is 0.0286. The fourth-order valence-electron chi connectivity index (χ4n) is 1.55. The third-order valence-electron chi connectivity index (χ3n) is 2.48. The van der Waals surface area contributed by atoms with Crippen molar-refractivity contribution >= 4 is 9.84 Å². The van der Waals surface area contributed by atoms with Gasteiger partial charge in [-0.25, -0.2) is 8.42 Å². The zero-order chi connectivity index (χ0) is 9.73. The van der Waals surface area contributed by atoms with E-state index in [2.05, 4.69) is 11.8 Å². The van der Waals surface area contributed by atoms with Gasteiger partial charge in [-0.15, -0.1) is 0 Å². The van der Waals surface area contributed by atoms with Gasteiger partial charge in [-0.05, 0) is 32.9 Å². The lowest BCUT2D eigenvalue weighted by molar-refractivity contribution is 0.241. The molecule has 1 fully saturated rings. The second kappa shape index (κ2) is 4.96. The Hall–Kier alpha value is -0.0900. The van der Waals surface area contributed by atoms with E-state index in [1.54, 1.807) is 0 Å². The van der Waals surface area contributed by atoms with E-state index >= 15 is 0 Å². The maximum atomic E-state index is 11.2. The molecular weight excluding hydrogens is 186 g/mol. The molecule has 1 saturated heterocycles. The molecule has 0 aliphatic carbocycles. The molecule has 0 aromatic rings. The molecule has 0 aromatic heterocycles. The standard InChI is InChI=1S/C9H18NO2S/c1-2-13(11,12)9-8-10-6-4-3-5-7-10/h1-9H2. The number of sulfone groups is 1. The van der Waals surface area contributed by atoms with E-state index in [0.717, 1.165) is 13.1 Å². The van der Waals surface area contributed by atoms with E-state index in [0.29, 0.717) is 6.54 Å². The minimum Gasteiger partial charge on any atom is -0.302 e. The lowest BCUT2D eigenvalue weighted by Crippen LogP contribution is -2.34. The van der Waals surface area contributed by atoms with Crippen molar-refractivity contribution in [1.82, 2.24) is 4.90 Å². The van der Waals surface area contributed by atoms with Gasteiger partial charge in [-0.2, -0.15) is 0 Å². The smallest absolute Gasteiger partial charge is 0.151 e. The molecule has 13 heavy (non-hydrogen) atoms. The fraction of sp³-hybridized carbons (Fsp3) is 0.889. The third-order valence-corrected chi connectivity index (χ3v) is 3.90. The molecule has 3 nitrogen and oxygen atoms in total. The van der Waals surface area contributed by atoms with Gasteiger partial charge in [0.05, 0.1) is 11.5 Å². The average Bonchev–Trinajstić information content (AvgIpc) is 2.17. The first-order valence-corrected chi connectivity index (χ1v) is 6.68. The first kappa shape index (κ1) is 11.0. The van der Waals surface area contributed by atoms with Gasteiger partial charge in [0.2, 0.25) is 0 Å². The van der Waals surface area contributed by atoms with Gasteiger partial charge in [-0.3, -0.25) is 0 Å². The largest absolute Gasteiger partial charge is 0.302 e. The van der Waals surface area contributed by atoms with Crippen molar-refractivity contribution in [2.24, 2.45) is 0 Å². The van der Waals surface area contributed by atoms with Crippen LogP contribution in [0.15, 0.2) is 0 Å². The van der Waals surface area contributed by atoms with E-state index in [1.165, 1.54) is 19.3 Å². The Morgan fingerprint density at radius 3 is 2.31 bits per heavy atom. The summed E-state index contributed by atoms with van der Waals surface area (Å²) in [5.74, 6) is 0.303. The van der Waals surface area contributed by atoms with Crippen LogP contribution in [-0.2, 0) is 9.84 Å². The van der Waals surface area contributed by atoms with Crippen LogP contribution < -0.4 is 0 Å². The van der Waals surface area contributed by atoms with Crippen molar-refractivity contribution in [1.29, 1.82) is 0 Å². The SMILES string of the molecule is [CH2]CS(=O)(=O)CCN1CCCCC1. The summed E-state index contributed by atoms with van der Waals surface area (Å²) < 4.78 is 22.3. The zero-order valence-electron chi connectivity index (χ0n) is 8.04. The van der Waals surface area contributed by atoms with Crippen molar-refractivity contribution < 1.29 is 8.42 Å². The molecule has 77 valence electrons. The van der Waals surface area contributed by atoms with Crippen LogP contribution in [0.2, 0.25) is 0 Å². The van der Waals surface area contributed by atoms with Crippen molar-refractivity contribution in [3.05, 3.63) is 6.92 Å². The highest BCUT2D eigenvalue weighted by atomic mass is 32.2. The summed E-state index contributed by atoms with van der Waals surface area (Å²) in [5, 5.41) is 0. The summed E-state index contributed by atoms with van der Waals surface area (Å²) in [6, 6.07) is 0. The lowest BCUT2D eigenvalue weighted by Gasteiger charge is -2.25. The van der Waals surface area contributed by atoms with Gasteiger partial charge < -0.3 is 4.90 Å². The van der Waals surface area contributed by atoms with E-state index < -0.39 is 9.84 Å². The number of likely N-dealkylation sites (tertiary alicyclic amines) is 1. The molecule has 1 heterocycles. The topological polar surface area (TPSA) is 37.4 Å². The third kappa shape index (κ3) is 4.09. The molecule has 1 aliphatic heterocycles. The van der Waals surface area contributed by atoms with E-state index in [4.69, 9.17) is 0 Å². The summed E-state index contributed by atoms with van der Waals surface area (Å²) in [7, 11) is -2.87. The highest BCUT2D eigenvalue weighted by Crippen LogP contribution is 2.08. The van der Waals surface area contributed by atoms with Gasteiger partial charge in [0.15, 0.2) is 9.84 Å². The van der Waals surface area contributed by atoms with Crippen molar-refractivity contribution in [2.45, 2.75) is 19.3 Å². The zero-order valence-corrected chi connectivity index (χ0v) is 8.85. The normalized spacial score (nSPS) is 20.4. The molecule has 4 heteroatoms. The summed E-state index contributed by atoms with van der Waals surface area (Å²) in [6.07, 6.45) is 3.72. The predicted molar refractivity (Wildman–Crippen MR) is 54.3 cm³/mol. The van der Waals surface area contributed by atoms with Crippen LogP contribution in [0, 0.1) is 6.92 Å². The number of hydrogen-bond acceptors (Lipinski definition) is 3. The molecular formula is C9H18NO2S. The molecule has 0 spiro atoms. The number of piperidine rings is 1. The monoisotopic (exact) mass is 204 g/mol. The van der Waals surface area contributed by atoms with Gasteiger partial charge in [0.25, 0.3) is 0 Å². The second-order valence-electron chi connectivity index (χ2n) is 3.55. The Kier molecular flexibility index (Phi) is 4.19. The highest BCUT2D eigenvalue weighted by molar-refractivity contribution is 7.91. The maximum Gasteiger partial charge on any atom is 0.151 e. The van der Waals surface area contributed by atoms with Crippen LogP contribution in [0.1, 0.15) is 19.3 Å². The molecule has 0 atom stereocenters. The second-order valence-corrected chi connectivity index (χ2v) is 5.86. The first-order chi connectivity index (χ1) is 6.14. The van der Waals surface area contributed by atoms with Gasteiger partial charge in [-0.1, -0.05) is 6.42 Å². The Balaban J connectivity index is 2.25. The van der Waals surface area contributed by atoms with Crippen LogP contribution in [0.5, 0.6) is 0 Å². The van der Waals surface area contributed by atoms with Crippen LogP contribution in [0.25, 0.3) is 0 Å². The van der Waals surface area contributed by atoms with Gasteiger partial charge >= 0.3 is 0 Å². The molecule has 1 rings (SSSR count). The van der Waals surface area contributed by atoms with Crippen molar-refractivity contribution in [3.63, 3.8) is 0 Å². The summed E-state index contributed by atoms with van der Waals surface area (Å²) in [5.41, 5.74) is 0. The van der Waals surface area contributed by atoms with Crippen LogP contribution in [0.3, 0.4) is 0 Å². The first-order valence-electron chi connectivity index (χ1n) is 4.86. The lowest BCUT2D eigenvalue weighted by atomic mass is 10.1. The quantitative estimate of drug-likeness (QED) is 0.677. The Bertz CT molecular complexity index is 230. The number of nitrogens with zero attached hydrogens (tertiary/aromatic N) is 1. The molecule has 0 saturated carbocycles. The Morgan fingerprint density at radius 1 is 1.15 bits per heavy atom. The fourth-order valence-corrected chi connectivity index (χ4v) is 2.29. The molecule has 0 amide bonds. The Morgan fingerprint density at radius 2 is 1.77 bits per heavy atom. The van der Waals surface area contributed by atoms with Crippen LogP contribution in [0.4, 0.5) is 0 Å². The molecule has 0 bridgehead atoms. The van der Waals surface area contributed by atoms with E-state index in [9.17, 15) is 8.42 Å². The summed E-state index contributed by atoms with van der Waals surface area (Å²) in [6.45, 7) is 6.23. The molecule has 0 unspecified atom stereocenters.